The van der Waals surface area contributed by atoms with Gasteiger partial charge in [-0.1, -0.05) is 23.7 Å². The van der Waals surface area contributed by atoms with E-state index in [0.29, 0.717) is 39.6 Å². The molecule has 7 nitrogen and oxygen atoms in total. The van der Waals surface area contributed by atoms with Crippen LogP contribution < -0.4 is 21.6 Å². The minimum atomic E-state index is -2.73. The van der Waals surface area contributed by atoms with Gasteiger partial charge in [0.15, 0.2) is 0 Å². The molecule has 1 unspecified atom stereocenters. The topological polar surface area (TPSA) is 88.0 Å². The number of halogens is 4. The number of alkyl halides is 2. The number of rotatable bonds is 7. The third-order valence-electron chi connectivity index (χ3n) is 6.68. The van der Waals surface area contributed by atoms with Crippen LogP contribution in [0.2, 0.25) is 5.02 Å². The molecule has 0 saturated heterocycles. The molecule has 2 saturated carbocycles. The van der Waals surface area contributed by atoms with Gasteiger partial charge >= 0.3 is 0 Å². The number of fused-ring (bicyclic) bond motifs is 1. The maximum Gasteiger partial charge on any atom is 0.252 e. The van der Waals surface area contributed by atoms with Crippen LogP contribution in [0.1, 0.15) is 44.2 Å². The Morgan fingerprint density at radius 1 is 1.24 bits per heavy atom. The number of hydrazine groups is 2. The summed E-state index contributed by atoms with van der Waals surface area (Å²) in [6.07, 6.45) is 4.56. The average molecular weight is 527 g/mol. The number of pyridine rings is 1. The van der Waals surface area contributed by atoms with Gasteiger partial charge in [0, 0.05) is 48.4 Å². The van der Waals surface area contributed by atoms with Crippen LogP contribution in [0.3, 0.4) is 0 Å². The predicted octanol–water partition coefficient (Wildman–Crippen LogP) is 5.59. The zero-order valence-electron chi connectivity index (χ0n) is 20.5. The molecule has 3 aliphatic rings. The van der Waals surface area contributed by atoms with E-state index >= 15 is 0 Å². The molecule has 190 valence electrons. The Hall–Kier alpha value is -3.68. The summed E-state index contributed by atoms with van der Waals surface area (Å²) in [4.78, 5) is 4.31. The number of nitriles is 1. The molecule has 2 aromatic carbocycles. The summed E-state index contributed by atoms with van der Waals surface area (Å²) in [5, 5.41) is 18.6. The minimum Gasteiger partial charge on any atom is -0.380 e. The molecule has 0 spiro atoms. The maximum atomic E-state index is 13.7. The van der Waals surface area contributed by atoms with Crippen molar-refractivity contribution in [1.82, 2.24) is 21.0 Å². The lowest BCUT2D eigenvalue weighted by atomic mass is 9.87. The van der Waals surface area contributed by atoms with E-state index in [0.717, 1.165) is 12.8 Å². The summed E-state index contributed by atoms with van der Waals surface area (Å²) in [6.45, 7) is 0. The first-order valence-electron chi connectivity index (χ1n) is 12.4. The van der Waals surface area contributed by atoms with Crippen molar-refractivity contribution >= 4 is 33.9 Å². The molecule has 37 heavy (non-hydrogen) atoms. The standard InChI is InChI=1S/C26H23ClF3N7/c27-21-8-17(7-20-23(15(11-31)12-32-25(20)21)34-18-9-26(29,30)10-18)33-24(14-1-3-16(28)4-2-14)22-13-37(36-35-22)19-5-6-19/h1-4,7-8,12-13,18-19,24,33,35-36H,5-6,9-10H2,(H,32,34)/i24D. The van der Waals surface area contributed by atoms with E-state index in [1.54, 1.807) is 12.1 Å². The smallest absolute Gasteiger partial charge is 0.252 e. The van der Waals surface area contributed by atoms with Gasteiger partial charge in [0.1, 0.15) is 11.9 Å². The first-order chi connectivity index (χ1) is 18.1. The first-order valence-corrected chi connectivity index (χ1v) is 12.3. The van der Waals surface area contributed by atoms with Crippen LogP contribution in [0, 0.1) is 17.1 Å². The van der Waals surface area contributed by atoms with E-state index in [9.17, 15) is 19.8 Å². The minimum absolute atomic E-state index is 0.195. The van der Waals surface area contributed by atoms with Crippen molar-refractivity contribution in [3.63, 3.8) is 0 Å². The normalized spacial score (nSPS) is 20.8. The molecule has 0 bridgehead atoms. The highest BCUT2D eigenvalue weighted by Gasteiger charge is 2.45. The van der Waals surface area contributed by atoms with Crippen molar-refractivity contribution in [2.45, 2.75) is 49.7 Å². The Morgan fingerprint density at radius 2 is 2.00 bits per heavy atom. The van der Waals surface area contributed by atoms with Gasteiger partial charge in [0.05, 0.1) is 34.9 Å². The SMILES string of the molecule is [2H]C(Nc1cc(Cl)c2ncc(C#N)c(NC3CC(F)(F)C3)c2c1)(C1=CN(C2CC2)NN1)c1ccc(F)cc1. The molecule has 4 N–H and O–H groups in total. The number of benzene rings is 2. The van der Waals surface area contributed by atoms with Crippen LogP contribution >= 0.6 is 11.6 Å². The predicted molar refractivity (Wildman–Crippen MR) is 135 cm³/mol. The van der Waals surface area contributed by atoms with E-state index in [2.05, 4.69) is 32.6 Å². The quantitative estimate of drug-likeness (QED) is 0.319. The Balaban J connectivity index is 1.42. The monoisotopic (exact) mass is 526 g/mol. The molecule has 2 heterocycles. The van der Waals surface area contributed by atoms with Gasteiger partial charge < -0.3 is 16.1 Å². The lowest BCUT2D eigenvalue weighted by Crippen LogP contribution is -2.44. The van der Waals surface area contributed by atoms with Crippen molar-refractivity contribution < 1.29 is 14.5 Å². The van der Waals surface area contributed by atoms with E-state index in [1.165, 1.54) is 30.5 Å². The summed E-state index contributed by atoms with van der Waals surface area (Å²) in [7, 11) is 0. The highest BCUT2D eigenvalue weighted by molar-refractivity contribution is 6.35. The molecule has 11 heteroatoms. The van der Waals surface area contributed by atoms with Gasteiger partial charge in [-0.15, -0.1) is 5.53 Å². The summed E-state index contributed by atoms with van der Waals surface area (Å²) >= 11 is 6.59. The van der Waals surface area contributed by atoms with Crippen LogP contribution in [-0.2, 0) is 0 Å². The zero-order valence-corrected chi connectivity index (χ0v) is 20.2. The van der Waals surface area contributed by atoms with Gasteiger partial charge in [-0.25, -0.2) is 13.2 Å². The Labute approximate surface area is 217 Å². The number of nitrogens with zero attached hydrogens (tertiary/aromatic N) is 3. The molecule has 1 atom stereocenters. The molecule has 2 aliphatic carbocycles. The number of nitrogens with one attached hydrogen (secondary N) is 4. The van der Waals surface area contributed by atoms with Crippen LogP contribution in [0.25, 0.3) is 10.9 Å². The van der Waals surface area contributed by atoms with Crippen molar-refractivity contribution in [1.29, 1.82) is 5.26 Å². The van der Waals surface area contributed by atoms with E-state index in [1.807, 2.05) is 11.2 Å². The third kappa shape index (κ3) is 4.72. The second kappa shape index (κ2) is 9.01. The summed E-state index contributed by atoms with van der Waals surface area (Å²) in [5.74, 6) is -3.16. The molecular formula is C26H23ClF3N7. The summed E-state index contributed by atoms with van der Waals surface area (Å²) < 4.78 is 50.2. The fourth-order valence-electron chi connectivity index (χ4n) is 4.60. The molecule has 1 aromatic heterocycles. The van der Waals surface area contributed by atoms with Gasteiger partial charge in [-0.05, 0) is 42.7 Å². The van der Waals surface area contributed by atoms with Crippen molar-refractivity contribution in [3.8, 4) is 6.07 Å². The largest absolute Gasteiger partial charge is 0.380 e. The van der Waals surface area contributed by atoms with E-state index in [-0.39, 0.29) is 23.4 Å². The lowest BCUT2D eigenvalue weighted by Gasteiger charge is -2.36. The fourth-order valence-corrected chi connectivity index (χ4v) is 4.87. The molecule has 3 aromatic rings. The van der Waals surface area contributed by atoms with Gasteiger partial charge in [0.25, 0.3) is 5.92 Å². The lowest BCUT2D eigenvalue weighted by molar-refractivity contribution is -0.0793. The van der Waals surface area contributed by atoms with Crippen molar-refractivity contribution in [2.24, 2.45) is 0 Å². The van der Waals surface area contributed by atoms with Crippen LogP contribution in [0.4, 0.5) is 24.5 Å². The highest BCUT2D eigenvalue weighted by Crippen LogP contribution is 2.42. The second-order valence-electron chi connectivity index (χ2n) is 9.54. The number of anilines is 2. The first kappa shape index (κ1) is 22.5. The summed E-state index contributed by atoms with van der Waals surface area (Å²) in [6, 6.07) is 9.22. The number of hydrogen-bond donors (Lipinski definition) is 4. The number of aromatic nitrogens is 1. The Bertz CT molecular complexity index is 1480. The highest BCUT2D eigenvalue weighted by atomic mass is 35.5. The molecule has 1 aliphatic heterocycles. The van der Waals surface area contributed by atoms with Gasteiger partial charge in [-0.3, -0.25) is 9.99 Å². The zero-order chi connectivity index (χ0) is 26.7. The van der Waals surface area contributed by atoms with E-state index in [4.69, 9.17) is 11.6 Å². The Morgan fingerprint density at radius 3 is 2.68 bits per heavy atom. The van der Waals surface area contributed by atoms with Gasteiger partial charge in [0.2, 0.25) is 0 Å². The molecule has 0 radical (unpaired) electrons. The van der Waals surface area contributed by atoms with E-state index < -0.39 is 23.8 Å². The van der Waals surface area contributed by atoms with Crippen LogP contribution in [0.15, 0.2) is 54.5 Å². The Kier molecular flexibility index (Phi) is 5.48. The van der Waals surface area contributed by atoms with Gasteiger partial charge in [-0.2, -0.15) is 5.26 Å². The van der Waals surface area contributed by atoms with Crippen LogP contribution in [-0.4, -0.2) is 28.0 Å². The summed E-state index contributed by atoms with van der Waals surface area (Å²) in [5.41, 5.74) is 8.43. The van der Waals surface area contributed by atoms with Crippen LogP contribution in [0.5, 0.6) is 0 Å². The fraction of sp³-hybridized carbons (Fsp3) is 0.308. The second-order valence-corrected chi connectivity index (χ2v) is 9.95. The van der Waals surface area contributed by atoms with Crippen molar-refractivity contribution in [2.75, 3.05) is 10.6 Å². The molecule has 0 amide bonds. The van der Waals surface area contributed by atoms with Crippen molar-refractivity contribution in [3.05, 3.63) is 76.5 Å². The number of hydrogen-bond acceptors (Lipinski definition) is 7. The molecule has 6 rings (SSSR count). The molecule has 2 fully saturated rings. The molecular weight excluding hydrogens is 503 g/mol. The average Bonchev–Trinajstić information content (AvgIpc) is 3.59. The third-order valence-corrected chi connectivity index (χ3v) is 6.97. The maximum absolute atomic E-state index is 13.7.